The Labute approximate surface area is 142 Å². The van der Waals surface area contributed by atoms with E-state index in [0.717, 1.165) is 19.3 Å². The summed E-state index contributed by atoms with van der Waals surface area (Å²) in [6.45, 7) is 1.17. The first kappa shape index (κ1) is 16.5. The van der Waals surface area contributed by atoms with Gasteiger partial charge in [-0.15, -0.1) is 0 Å². The van der Waals surface area contributed by atoms with Crippen LogP contribution in [0.2, 0.25) is 0 Å². The van der Waals surface area contributed by atoms with Crippen LogP contribution < -0.4 is 10.1 Å². The van der Waals surface area contributed by atoms with Gasteiger partial charge in [0.1, 0.15) is 12.2 Å². The first-order valence-electron chi connectivity index (χ1n) is 8.69. The highest BCUT2D eigenvalue weighted by atomic mass is 16.5. The van der Waals surface area contributed by atoms with Crippen LogP contribution in [0.1, 0.15) is 50.6 Å². The second kappa shape index (κ2) is 7.95. The molecule has 1 aromatic heterocycles. The zero-order chi connectivity index (χ0) is 16.8. The number of ether oxygens (including phenoxy) is 1. The minimum atomic E-state index is -0.145. The van der Waals surface area contributed by atoms with Crippen molar-refractivity contribution in [3.05, 3.63) is 18.1 Å². The second-order valence-corrected chi connectivity index (χ2v) is 6.43. The van der Waals surface area contributed by atoms with E-state index in [1.807, 2.05) is 6.07 Å². The summed E-state index contributed by atoms with van der Waals surface area (Å²) >= 11 is 0. The summed E-state index contributed by atoms with van der Waals surface area (Å²) in [5.41, 5.74) is 0.179. The summed E-state index contributed by atoms with van der Waals surface area (Å²) in [6, 6.07) is 2.26. The lowest BCUT2D eigenvalue weighted by molar-refractivity contribution is 0.179. The fourth-order valence-corrected chi connectivity index (χ4v) is 3.34. The maximum atomic E-state index is 12.4. The molecule has 0 radical (unpaired) electrons. The number of nitrogens with one attached hydrogen (secondary N) is 1. The summed E-state index contributed by atoms with van der Waals surface area (Å²) in [5, 5.41) is 12.2. The normalized spacial score (nSPS) is 21.8. The highest BCUT2D eigenvalue weighted by Crippen LogP contribution is 2.20. The summed E-state index contributed by atoms with van der Waals surface area (Å²) < 4.78 is 5.77. The number of nitriles is 1. The van der Waals surface area contributed by atoms with Crippen molar-refractivity contribution in [1.82, 2.24) is 20.2 Å². The molecule has 1 N–H and O–H groups in total. The molecule has 1 atom stereocenters. The lowest BCUT2D eigenvalue weighted by atomic mass is 10.1. The molecule has 1 aliphatic carbocycles. The molecule has 2 fully saturated rings. The van der Waals surface area contributed by atoms with Crippen LogP contribution in [0.4, 0.5) is 4.79 Å². The Bertz CT molecular complexity index is 607. The average molecular weight is 329 g/mol. The van der Waals surface area contributed by atoms with Crippen LogP contribution in [-0.2, 0) is 0 Å². The van der Waals surface area contributed by atoms with Gasteiger partial charge in [0.15, 0.2) is 0 Å². The molecule has 7 nitrogen and oxygen atoms in total. The van der Waals surface area contributed by atoms with Gasteiger partial charge in [-0.3, -0.25) is 0 Å². The number of carbonyl (C=O) groups excluding carboxylic acids is 1. The van der Waals surface area contributed by atoms with Gasteiger partial charge in [0.2, 0.25) is 5.69 Å². The molecule has 1 saturated heterocycles. The van der Waals surface area contributed by atoms with Crippen molar-refractivity contribution >= 4 is 6.03 Å². The Morgan fingerprint density at radius 2 is 1.96 bits per heavy atom. The third-order valence-corrected chi connectivity index (χ3v) is 4.66. The van der Waals surface area contributed by atoms with Crippen LogP contribution in [-0.4, -0.2) is 46.1 Å². The van der Waals surface area contributed by atoms with E-state index in [4.69, 9.17) is 10.00 Å². The van der Waals surface area contributed by atoms with E-state index in [-0.39, 0.29) is 23.7 Å². The zero-order valence-corrected chi connectivity index (χ0v) is 13.8. The Hall–Kier alpha value is -2.36. The van der Waals surface area contributed by atoms with Crippen LogP contribution in [0.25, 0.3) is 0 Å². The third-order valence-electron chi connectivity index (χ3n) is 4.66. The number of likely N-dealkylation sites (tertiary alicyclic amines) is 1. The van der Waals surface area contributed by atoms with Crippen LogP contribution in [0.5, 0.6) is 5.88 Å². The number of hydrogen-bond acceptors (Lipinski definition) is 5. The standard InChI is InChI=1S/C17H23N5O2/c18-11-15-16(20-9-8-19-15)24-14-7-10-22(12-14)17(23)21-13-5-3-1-2-4-6-13/h8-9,13-14H,1-7,10,12H2,(H,21,23)/t14-/m0/s1. The highest BCUT2D eigenvalue weighted by Gasteiger charge is 2.29. The predicted octanol–water partition coefficient (Wildman–Crippen LogP) is 2.23. The van der Waals surface area contributed by atoms with Gasteiger partial charge in [0.25, 0.3) is 5.88 Å². The van der Waals surface area contributed by atoms with Gasteiger partial charge < -0.3 is 15.0 Å². The Morgan fingerprint density at radius 3 is 2.71 bits per heavy atom. The first-order valence-corrected chi connectivity index (χ1v) is 8.69. The molecule has 0 aromatic carbocycles. The number of carbonyl (C=O) groups is 1. The first-order chi connectivity index (χ1) is 11.8. The van der Waals surface area contributed by atoms with Crippen molar-refractivity contribution in [2.45, 2.75) is 57.1 Å². The summed E-state index contributed by atoms with van der Waals surface area (Å²) in [4.78, 5) is 22.2. The van der Waals surface area contributed by atoms with Gasteiger partial charge >= 0.3 is 6.03 Å². The number of rotatable bonds is 3. The van der Waals surface area contributed by atoms with E-state index < -0.39 is 0 Å². The molecular weight excluding hydrogens is 306 g/mol. The van der Waals surface area contributed by atoms with Crippen molar-refractivity contribution in [1.29, 1.82) is 5.26 Å². The summed E-state index contributed by atoms with van der Waals surface area (Å²) in [5.74, 6) is 0.246. The molecule has 24 heavy (non-hydrogen) atoms. The molecule has 128 valence electrons. The Morgan fingerprint density at radius 1 is 1.21 bits per heavy atom. The van der Waals surface area contributed by atoms with Gasteiger partial charge in [-0.2, -0.15) is 5.26 Å². The van der Waals surface area contributed by atoms with Gasteiger partial charge in [0.05, 0.1) is 6.54 Å². The van der Waals surface area contributed by atoms with Gasteiger partial charge in [-0.25, -0.2) is 14.8 Å². The van der Waals surface area contributed by atoms with Gasteiger partial charge in [-0.05, 0) is 12.8 Å². The van der Waals surface area contributed by atoms with Crippen molar-refractivity contribution in [3.63, 3.8) is 0 Å². The Balaban J connectivity index is 1.51. The number of hydrogen-bond donors (Lipinski definition) is 1. The molecule has 0 spiro atoms. The largest absolute Gasteiger partial charge is 0.470 e. The lowest BCUT2D eigenvalue weighted by Gasteiger charge is -2.22. The Kier molecular flexibility index (Phi) is 5.47. The minimum absolute atomic E-state index is 0.00680. The molecule has 2 aliphatic rings. The van der Waals surface area contributed by atoms with Crippen LogP contribution in [0.3, 0.4) is 0 Å². The molecular formula is C17H23N5O2. The van der Waals surface area contributed by atoms with Crippen LogP contribution >= 0.6 is 0 Å². The third kappa shape index (κ3) is 4.13. The van der Waals surface area contributed by atoms with Crippen molar-refractivity contribution in [2.75, 3.05) is 13.1 Å². The molecule has 2 amide bonds. The number of aromatic nitrogens is 2. The molecule has 0 unspecified atom stereocenters. The summed E-state index contributed by atoms with van der Waals surface area (Å²) in [6.07, 6.45) is 10.6. The van der Waals surface area contributed by atoms with E-state index in [1.165, 1.54) is 38.1 Å². The second-order valence-electron chi connectivity index (χ2n) is 6.43. The summed E-state index contributed by atoms with van der Waals surface area (Å²) in [7, 11) is 0. The van der Waals surface area contributed by atoms with Crippen molar-refractivity contribution < 1.29 is 9.53 Å². The quantitative estimate of drug-likeness (QED) is 0.859. The highest BCUT2D eigenvalue weighted by molar-refractivity contribution is 5.74. The molecule has 0 bridgehead atoms. The topological polar surface area (TPSA) is 91.1 Å². The average Bonchev–Trinajstić information content (AvgIpc) is 2.92. The van der Waals surface area contributed by atoms with Crippen LogP contribution in [0, 0.1) is 11.3 Å². The number of amides is 2. The van der Waals surface area contributed by atoms with E-state index in [1.54, 1.807) is 4.90 Å². The minimum Gasteiger partial charge on any atom is -0.470 e. The van der Waals surface area contributed by atoms with E-state index in [2.05, 4.69) is 15.3 Å². The molecule has 1 aliphatic heterocycles. The van der Waals surface area contributed by atoms with E-state index in [0.29, 0.717) is 19.1 Å². The smallest absolute Gasteiger partial charge is 0.317 e. The van der Waals surface area contributed by atoms with E-state index in [9.17, 15) is 4.79 Å². The van der Waals surface area contributed by atoms with Crippen LogP contribution in [0.15, 0.2) is 12.4 Å². The zero-order valence-electron chi connectivity index (χ0n) is 13.8. The maximum Gasteiger partial charge on any atom is 0.317 e. The molecule has 1 aromatic rings. The molecule has 1 saturated carbocycles. The van der Waals surface area contributed by atoms with Gasteiger partial charge in [0, 0.05) is 31.4 Å². The monoisotopic (exact) mass is 329 g/mol. The van der Waals surface area contributed by atoms with E-state index >= 15 is 0 Å². The SMILES string of the molecule is N#Cc1nccnc1O[C@H]1CCN(C(=O)NC2CCCCCC2)C1. The lowest BCUT2D eigenvalue weighted by Crippen LogP contribution is -2.44. The fourth-order valence-electron chi connectivity index (χ4n) is 3.34. The molecule has 7 heteroatoms. The van der Waals surface area contributed by atoms with Crippen molar-refractivity contribution in [2.24, 2.45) is 0 Å². The van der Waals surface area contributed by atoms with Gasteiger partial charge in [-0.1, -0.05) is 25.7 Å². The predicted molar refractivity (Wildman–Crippen MR) is 87.4 cm³/mol. The van der Waals surface area contributed by atoms with Crippen molar-refractivity contribution in [3.8, 4) is 11.9 Å². The molecule has 2 heterocycles. The molecule has 3 rings (SSSR count). The maximum absolute atomic E-state index is 12.4. The number of nitrogens with zero attached hydrogens (tertiary/aromatic N) is 4. The fraction of sp³-hybridized carbons (Fsp3) is 0.647. The number of urea groups is 1.